The van der Waals surface area contributed by atoms with Gasteiger partial charge < -0.3 is 9.84 Å². The maximum absolute atomic E-state index is 11.2. The van der Waals surface area contributed by atoms with Crippen molar-refractivity contribution in [3.05, 3.63) is 23.3 Å². The minimum atomic E-state index is -0.00954. The lowest BCUT2D eigenvalue weighted by molar-refractivity contribution is 0.0961. The molecule has 0 fully saturated rings. The van der Waals surface area contributed by atoms with Crippen LogP contribution in [0.2, 0.25) is 0 Å². The molecule has 0 bridgehead atoms. The van der Waals surface area contributed by atoms with Crippen LogP contribution in [-0.2, 0) is 6.42 Å². The molecule has 1 aromatic rings. The van der Waals surface area contributed by atoms with Gasteiger partial charge in [0.05, 0.1) is 5.56 Å². The number of benzene rings is 1. The highest BCUT2D eigenvalue weighted by molar-refractivity contribution is 6.02. The third kappa shape index (κ3) is 1.96. The Hall–Kier alpha value is -1.51. The van der Waals surface area contributed by atoms with Gasteiger partial charge in [0.15, 0.2) is 6.61 Å². The Labute approximate surface area is 89.7 Å². The Bertz CT molecular complexity index is 369. The molecule has 2 rings (SSSR count). The minimum absolute atomic E-state index is 0.00954. The predicted octanol–water partition coefficient (Wildman–Crippen LogP) is 2.56. The summed E-state index contributed by atoms with van der Waals surface area (Å²) in [5, 5.41) is 9.47. The van der Waals surface area contributed by atoms with Crippen LogP contribution in [-0.4, -0.2) is 17.5 Å². The molecule has 3 heteroatoms. The van der Waals surface area contributed by atoms with Gasteiger partial charge in [-0.3, -0.25) is 4.79 Å². The van der Waals surface area contributed by atoms with Gasteiger partial charge in [-0.1, -0.05) is 20.8 Å². The van der Waals surface area contributed by atoms with Gasteiger partial charge in [-0.25, -0.2) is 0 Å². The summed E-state index contributed by atoms with van der Waals surface area (Å²) in [5.74, 6) is 0.758. The standard InChI is InChI=1S/C10H10O3.C2H6/c1-2-6-8(11)4-3-7-9(12)5-13-10(6)7;1-2/h3-4,11H,2,5H2,1H3;1-2H3. The molecule has 3 nitrogen and oxygen atoms in total. The van der Waals surface area contributed by atoms with E-state index >= 15 is 0 Å². The summed E-state index contributed by atoms with van der Waals surface area (Å²) in [7, 11) is 0. The molecule has 15 heavy (non-hydrogen) atoms. The number of phenolic OH excluding ortho intramolecular Hbond substituents is 1. The van der Waals surface area contributed by atoms with Gasteiger partial charge in [0.1, 0.15) is 11.5 Å². The first-order valence-electron chi connectivity index (χ1n) is 5.25. The molecule has 0 aliphatic carbocycles. The van der Waals surface area contributed by atoms with Crippen molar-refractivity contribution in [2.75, 3.05) is 6.61 Å². The molecule has 0 radical (unpaired) electrons. The molecular weight excluding hydrogens is 192 g/mol. The molecule has 0 spiro atoms. The van der Waals surface area contributed by atoms with Crippen molar-refractivity contribution < 1.29 is 14.6 Å². The lowest BCUT2D eigenvalue weighted by atomic mass is 10.0. The van der Waals surface area contributed by atoms with Crippen molar-refractivity contribution in [2.45, 2.75) is 27.2 Å². The number of rotatable bonds is 1. The second kappa shape index (κ2) is 4.82. The zero-order valence-corrected chi connectivity index (χ0v) is 9.33. The highest BCUT2D eigenvalue weighted by atomic mass is 16.5. The summed E-state index contributed by atoms with van der Waals surface area (Å²) in [5.41, 5.74) is 1.32. The molecule has 0 aromatic heterocycles. The van der Waals surface area contributed by atoms with Gasteiger partial charge in [0.2, 0.25) is 5.78 Å². The smallest absolute Gasteiger partial charge is 0.203 e. The number of ketones is 1. The van der Waals surface area contributed by atoms with E-state index < -0.39 is 0 Å². The van der Waals surface area contributed by atoms with E-state index in [0.29, 0.717) is 17.7 Å². The molecule has 82 valence electrons. The third-order valence-electron chi connectivity index (χ3n) is 2.24. The van der Waals surface area contributed by atoms with Crippen LogP contribution in [0.1, 0.15) is 36.7 Å². The fraction of sp³-hybridized carbons (Fsp3) is 0.417. The number of ether oxygens (including phenoxy) is 1. The van der Waals surface area contributed by atoms with Gasteiger partial charge in [0.25, 0.3) is 0 Å². The van der Waals surface area contributed by atoms with Crippen molar-refractivity contribution in [1.29, 1.82) is 0 Å². The van der Waals surface area contributed by atoms with Crippen molar-refractivity contribution in [2.24, 2.45) is 0 Å². The number of fused-ring (bicyclic) bond motifs is 1. The van der Waals surface area contributed by atoms with E-state index in [4.69, 9.17) is 4.74 Å². The molecule has 0 amide bonds. The molecule has 0 atom stereocenters. The fourth-order valence-corrected chi connectivity index (χ4v) is 1.56. The number of Topliss-reactive ketones (excluding diaryl/α,β-unsaturated/α-hetero) is 1. The molecule has 0 unspecified atom stereocenters. The zero-order valence-electron chi connectivity index (χ0n) is 9.33. The Balaban J connectivity index is 0.000000531. The predicted molar refractivity (Wildman–Crippen MR) is 58.7 cm³/mol. The molecule has 1 aliphatic heterocycles. The van der Waals surface area contributed by atoms with E-state index in [1.54, 1.807) is 12.1 Å². The maximum Gasteiger partial charge on any atom is 0.203 e. The second-order valence-electron chi connectivity index (χ2n) is 3.01. The lowest BCUT2D eigenvalue weighted by Gasteiger charge is -2.06. The monoisotopic (exact) mass is 208 g/mol. The zero-order chi connectivity index (χ0) is 11.4. The Morgan fingerprint density at radius 2 is 2.07 bits per heavy atom. The highest BCUT2D eigenvalue weighted by Gasteiger charge is 2.24. The summed E-state index contributed by atoms with van der Waals surface area (Å²) in [6.07, 6.45) is 0.669. The van der Waals surface area contributed by atoms with Crippen LogP contribution in [0.5, 0.6) is 11.5 Å². The summed E-state index contributed by atoms with van der Waals surface area (Å²) >= 11 is 0. The van der Waals surface area contributed by atoms with E-state index in [2.05, 4.69) is 0 Å². The molecule has 1 aromatic carbocycles. The number of aromatic hydroxyl groups is 1. The molecule has 0 saturated heterocycles. The van der Waals surface area contributed by atoms with Gasteiger partial charge in [0, 0.05) is 5.56 Å². The Morgan fingerprint density at radius 3 is 2.67 bits per heavy atom. The van der Waals surface area contributed by atoms with Gasteiger partial charge >= 0.3 is 0 Å². The average Bonchev–Trinajstić information content (AvgIpc) is 2.63. The lowest BCUT2D eigenvalue weighted by Crippen LogP contribution is -1.98. The van der Waals surface area contributed by atoms with E-state index in [9.17, 15) is 9.90 Å². The molecule has 1 N–H and O–H groups in total. The van der Waals surface area contributed by atoms with Crippen molar-refractivity contribution in [3.63, 3.8) is 0 Å². The topological polar surface area (TPSA) is 46.5 Å². The van der Waals surface area contributed by atoms with Crippen LogP contribution in [0.3, 0.4) is 0 Å². The molecule has 0 saturated carbocycles. The van der Waals surface area contributed by atoms with Crippen LogP contribution >= 0.6 is 0 Å². The number of carbonyl (C=O) groups is 1. The number of phenols is 1. The average molecular weight is 208 g/mol. The van der Waals surface area contributed by atoms with E-state index in [1.165, 1.54) is 0 Å². The summed E-state index contributed by atoms with van der Waals surface area (Å²) in [6, 6.07) is 3.16. The van der Waals surface area contributed by atoms with Crippen LogP contribution < -0.4 is 4.74 Å². The van der Waals surface area contributed by atoms with Crippen molar-refractivity contribution in [3.8, 4) is 11.5 Å². The third-order valence-corrected chi connectivity index (χ3v) is 2.24. The minimum Gasteiger partial charge on any atom is -0.508 e. The first kappa shape index (κ1) is 11.6. The largest absolute Gasteiger partial charge is 0.508 e. The number of carbonyl (C=O) groups excluding carboxylic acids is 1. The summed E-state index contributed by atoms with van der Waals surface area (Å²) < 4.78 is 5.20. The summed E-state index contributed by atoms with van der Waals surface area (Å²) in [6.45, 7) is 6.02. The van der Waals surface area contributed by atoms with Gasteiger partial charge in [-0.15, -0.1) is 0 Å². The maximum atomic E-state index is 11.2. The number of hydrogen-bond acceptors (Lipinski definition) is 3. The normalized spacial score (nSPS) is 12.6. The van der Waals surface area contributed by atoms with Crippen molar-refractivity contribution in [1.82, 2.24) is 0 Å². The van der Waals surface area contributed by atoms with Gasteiger partial charge in [-0.05, 0) is 18.6 Å². The van der Waals surface area contributed by atoms with E-state index in [-0.39, 0.29) is 18.1 Å². The molecule has 1 aliphatic rings. The number of hydrogen-bond donors (Lipinski definition) is 1. The Morgan fingerprint density at radius 1 is 1.40 bits per heavy atom. The van der Waals surface area contributed by atoms with Crippen LogP contribution in [0.4, 0.5) is 0 Å². The molecule has 1 heterocycles. The highest BCUT2D eigenvalue weighted by Crippen LogP contribution is 2.35. The van der Waals surface area contributed by atoms with Crippen LogP contribution in [0.25, 0.3) is 0 Å². The van der Waals surface area contributed by atoms with E-state index in [1.807, 2.05) is 20.8 Å². The SMILES string of the molecule is CC.CCc1c(O)ccc2c1OCC2=O. The summed E-state index contributed by atoms with van der Waals surface area (Å²) in [4.78, 5) is 11.2. The van der Waals surface area contributed by atoms with E-state index in [0.717, 1.165) is 5.56 Å². The second-order valence-corrected chi connectivity index (χ2v) is 3.01. The van der Waals surface area contributed by atoms with Crippen molar-refractivity contribution >= 4 is 5.78 Å². The quantitative estimate of drug-likeness (QED) is 0.771. The Kier molecular flexibility index (Phi) is 3.72. The van der Waals surface area contributed by atoms with Crippen LogP contribution in [0.15, 0.2) is 12.1 Å². The van der Waals surface area contributed by atoms with Crippen LogP contribution in [0, 0.1) is 0 Å². The first-order valence-corrected chi connectivity index (χ1v) is 5.25. The van der Waals surface area contributed by atoms with Gasteiger partial charge in [-0.2, -0.15) is 0 Å². The molecular formula is C12H16O3. The fourth-order valence-electron chi connectivity index (χ4n) is 1.56. The first-order chi connectivity index (χ1) is 7.24.